The minimum atomic E-state index is -3.73. The SMILES string of the molecule is C/C=C(\Cc1ccccc1)C(=O)Nc1ccc(S(N)(=O)=O)cc1. The monoisotopic (exact) mass is 330 g/mol. The maximum atomic E-state index is 12.3. The van der Waals surface area contributed by atoms with E-state index in [4.69, 9.17) is 5.14 Å². The molecule has 2 rings (SSSR count). The Hall–Kier alpha value is -2.44. The third-order valence-corrected chi connectivity index (χ3v) is 4.25. The van der Waals surface area contributed by atoms with Crippen molar-refractivity contribution >= 4 is 21.6 Å². The maximum absolute atomic E-state index is 12.3. The molecular formula is C17H18N2O3S. The molecule has 0 atom stereocenters. The number of benzene rings is 2. The average Bonchev–Trinajstić information content (AvgIpc) is 2.53. The Morgan fingerprint density at radius 1 is 1.09 bits per heavy atom. The highest BCUT2D eigenvalue weighted by Crippen LogP contribution is 2.15. The lowest BCUT2D eigenvalue weighted by molar-refractivity contribution is -0.112. The third kappa shape index (κ3) is 4.77. The van der Waals surface area contributed by atoms with E-state index in [0.717, 1.165) is 5.56 Å². The van der Waals surface area contributed by atoms with E-state index in [9.17, 15) is 13.2 Å². The van der Waals surface area contributed by atoms with Crippen molar-refractivity contribution in [1.29, 1.82) is 0 Å². The first kappa shape index (κ1) is 16.9. The fourth-order valence-corrected chi connectivity index (χ4v) is 2.58. The van der Waals surface area contributed by atoms with Crippen molar-refractivity contribution in [3.8, 4) is 0 Å². The molecule has 0 aliphatic heterocycles. The molecule has 2 aromatic carbocycles. The van der Waals surface area contributed by atoms with Crippen molar-refractivity contribution in [2.75, 3.05) is 5.32 Å². The number of sulfonamides is 1. The van der Waals surface area contributed by atoms with Gasteiger partial charge in [0.25, 0.3) is 5.91 Å². The second-order valence-electron chi connectivity index (χ2n) is 5.00. The molecule has 0 spiro atoms. The van der Waals surface area contributed by atoms with E-state index in [1.807, 2.05) is 37.3 Å². The van der Waals surface area contributed by atoms with Crippen molar-refractivity contribution in [2.45, 2.75) is 18.2 Å². The highest BCUT2D eigenvalue weighted by atomic mass is 32.2. The lowest BCUT2D eigenvalue weighted by Crippen LogP contribution is -2.16. The number of carbonyl (C=O) groups excluding carboxylic acids is 1. The highest BCUT2D eigenvalue weighted by Gasteiger charge is 2.11. The smallest absolute Gasteiger partial charge is 0.251 e. The minimum Gasteiger partial charge on any atom is -0.322 e. The first-order valence-corrected chi connectivity index (χ1v) is 8.58. The standard InChI is InChI=1S/C17H18N2O3S/c1-2-14(12-13-6-4-3-5-7-13)17(20)19-15-8-10-16(11-9-15)23(18,21)22/h2-11H,12H2,1H3,(H,19,20)(H2,18,21,22)/b14-2+. The zero-order valence-electron chi connectivity index (χ0n) is 12.7. The third-order valence-electron chi connectivity index (χ3n) is 3.32. The number of carbonyl (C=O) groups is 1. The van der Waals surface area contributed by atoms with Gasteiger partial charge < -0.3 is 5.32 Å². The topological polar surface area (TPSA) is 89.3 Å². The van der Waals surface area contributed by atoms with Gasteiger partial charge in [-0.1, -0.05) is 36.4 Å². The second-order valence-corrected chi connectivity index (χ2v) is 6.56. The molecule has 0 aliphatic carbocycles. The number of nitrogens with one attached hydrogen (secondary N) is 1. The van der Waals surface area contributed by atoms with Crippen LogP contribution in [0.2, 0.25) is 0 Å². The van der Waals surface area contributed by atoms with Crippen LogP contribution in [-0.2, 0) is 21.2 Å². The zero-order chi connectivity index (χ0) is 16.9. The fourth-order valence-electron chi connectivity index (χ4n) is 2.07. The quantitative estimate of drug-likeness (QED) is 0.825. The molecule has 5 nitrogen and oxygen atoms in total. The van der Waals surface area contributed by atoms with Gasteiger partial charge in [-0.15, -0.1) is 0 Å². The van der Waals surface area contributed by atoms with Crippen LogP contribution in [0.25, 0.3) is 0 Å². The molecule has 0 bridgehead atoms. The van der Waals surface area contributed by atoms with Gasteiger partial charge >= 0.3 is 0 Å². The number of allylic oxidation sites excluding steroid dienone is 1. The van der Waals surface area contributed by atoms with Crippen LogP contribution in [0.3, 0.4) is 0 Å². The Morgan fingerprint density at radius 2 is 1.70 bits per heavy atom. The first-order valence-electron chi connectivity index (χ1n) is 7.03. The molecule has 23 heavy (non-hydrogen) atoms. The molecule has 0 saturated heterocycles. The number of hydrogen-bond acceptors (Lipinski definition) is 3. The van der Waals surface area contributed by atoms with Crippen LogP contribution in [0.4, 0.5) is 5.69 Å². The number of hydrogen-bond donors (Lipinski definition) is 2. The van der Waals surface area contributed by atoms with Gasteiger partial charge in [0.1, 0.15) is 0 Å². The molecule has 6 heteroatoms. The van der Waals surface area contributed by atoms with Crippen LogP contribution in [0, 0.1) is 0 Å². The van der Waals surface area contributed by atoms with Gasteiger partial charge in [0, 0.05) is 17.7 Å². The summed E-state index contributed by atoms with van der Waals surface area (Å²) >= 11 is 0. The van der Waals surface area contributed by atoms with Crippen LogP contribution in [0.1, 0.15) is 12.5 Å². The summed E-state index contributed by atoms with van der Waals surface area (Å²) in [6.07, 6.45) is 2.29. The van der Waals surface area contributed by atoms with Gasteiger partial charge in [-0.25, -0.2) is 13.6 Å². The van der Waals surface area contributed by atoms with Crippen LogP contribution in [-0.4, -0.2) is 14.3 Å². The molecule has 0 aliphatic rings. The van der Waals surface area contributed by atoms with E-state index in [1.54, 1.807) is 6.08 Å². The number of nitrogens with two attached hydrogens (primary N) is 1. The fraction of sp³-hybridized carbons (Fsp3) is 0.118. The molecule has 3 N–H and O–H groups in total. The molecule has 0 saturated carbocycles. The van der Waals surface area contributed by atoms with Crippen LogP contribution >= 0.6 is 0 Å². The normalized spacial score (nSPS) is 12.0. The van der Waals surface area contributed by atoms with Crippen LogP contribution in [0.15, 0.2) is 71.1 Å². The molecule has 0 fully saturated rings. The van der Waals surface area contributed by atoms with E-state index < -0.39 is 10.0 Å². The molecule has 2 aromatic rings. The van der Waals surface area contributed by atoms with Crippen molar-refractivity contribution < 1.29 is 13.2 Å². The second kappa shape index (κ2) is 7.21. The van der Waals surface area contributed by atoms with Crippen LogP contribution in [0.5, 0.6) is 0 Å². The summed E-state index contributed by atoms with van der Waals surface area (Å²) in [5.74, 6) is -0.222. The van der Waals surface area contributed by atoms with E-state index in [-0.39, 0.29) is 10.8 Å². The van der Waals surface area contributed by atoms with Crippen molar-refractivity contribution in [1.82, 2.24) is 0 Å². The Labute approximate surface area is 135 Å². The largest absolute Gasteiger partial charge is 0.322 e. The number of primary sulfonamides is 1. The Balaban J connectivity index is 2.08. The first-order chi connectivity index (χ1) is 10.9. The molecule has 120 valence electrons. The van der Waals surface area contributed by atoms with E-state index in [1.165, 1.54) is 24.3 Å². The lowest BCUT2D eigenvalue weighted by atomic mass is 10.0. The molecule has 0 unspecified atom stereocenters. The van der Waals surface area contributed by atoms with Crippen molar-refractivity contribution in [3.05, 3.63) is 71.8 Å². The van der Waals surface area contributed by atoms with Crippen molar-refractivity contribution in [3.63, 3.8) is 0 Å². The summed E-state index contributed by atoms with van der Waals surface area (Å²) in [6.45, 7) is 1.81. The summed E-state index contributed by atoms with van der Waals surface area (Å²) in [5, 5.41) is 7.79. The van der Waals surface area contributed by atoms with Gasteiger partial charge in [0.05, 0.1) is 4.90 Å². The Kier molecular flexibility index (Phi) is 5.31. The van der Waals surface area contributed by atoms with Crippen LogP contribution < -0.4 is 10.5 Å². The summed E-state index contributed by atoms with van der Waals surface area (Å²) in [5.41, 5.74) is 2.18. The summed E-state index contributed by atoms with van der Waals surface area (Å²) < 4.78 is 22.4. The minimum absolute atomic E-state index is 0.00559. The zero-order valence-corrected chi connectivity index (χ0v) is 13.5. The molecule has 0 aromatic heterocycles. The number of amides is 1. The predicted molar refractivity (Wildman–Crippen MR) is 90.3 cm³/mol. The molecular weight excluding hydrogens is 312 g/mol. The van der Waals surface area contributed by atoms with Gasteiger partial charge in [-0.2, -0.15) is 0 Å². The summed E-state index contributed by atoms with van der Waals surface area (Å²) in [6, 6.07) is 15.4. The lowest BCUT2D eigenvalue weighted by Gasteiger charge is -2.09. The van der Waals surface area contributed by atoms with Gasteiger partial charge in [0.2, 0.25) is 10.0 Å². The molecule has 0 heterocycles. The highest BCUT2D eigenvalue weighted by molar-refractivity contribution is 7.89. The molecule has 0 radical (unpaired) electrons. The average molecular weight is 330 g/mol. The number of rotatable bonds is 5. The summed E-state index contributed by atoms with van der Waals surface area (Å²) in [4.78, 5) is 12.3. The maximum Gasteiger partial charge on any atom is 0.251 e. The predicted octanol–water partition coefficient (Wildman–Crippen LogP) is 2.46. The van der Waals surface area contributed by atoms with E-state index in [2.05, 4.69) is 5.32 Å². The van der Waals surface area contributed by atoms with Gasteiger partial charge in [-0.3, -0.25) is 4.79 Å². The van der Waals surface area contributed by atoms with Gasteiger partial charge in [-0.05, 0) is 36.8 Å². The van der Waals surface area contributed by atoms with Gasteiger partial charge in [0.15, 0.2) is 0 Å². The molecule has 1 amide bonds. The number of anilines is 1. The Bertz CT molecular complexity index is 811. The van der Waals surface area contributed by atoms with E-state index >= 15 is 0 Å². The van der Waals surface area contributed by atoms with E-state index in [0.29, 0.717) is 17.7 Å². The van der Waals surface area contributed by atoms with Crippen molar-refractivity contribution in [2.24, 2.45) is 5.14 Å². The summed E-state index contributed by atoms with van der Waals surface area (Å²) in [7, 11) is -3.73. The Morgan fingerprint density at radius 3 is 2.22 bits per heavy atom.